The summed E-state index contributed by atoms with van der Waals surface area (Å²) in [5.41, 5.74) is 8.77. The van der Waals surface area contributed by atoms with Crippen LogP contribution in [-0.4, -0.2) is 29.0 Å². The van der Waals surface area contributed by atoms with Gasteiger partial charge in [0.25, 0.3) is 5.69 Å². The second kappa shape index (κ2) is 6.25. The summed E-state index contributed by atoms with van der Waals surface area (Å²) in [5, 5.41) is 10.7. The molecule has 2 N–H and O–H groups in total. The lowest BCUT2D eigenvalue weighted by molar-refractivity contribution is -0.384. The molecule has 5 nitrogen and oxygen atoms in total. The Morgan fingerprint density at radius 2 is 1.77 bits per heavy atom. The van der Waals surface area contributed by atoms with E-state index < -0.39 is 0 Å². The number of non-ortho nitro benzene ring substituents is 1. The number of nitrogens with zero attached hydrogens (tertiary/aromatic N) is 2. The normalized spacial score (nSPS) is 21.9. The van der Waals surface area contributed by atoms with Gasteiger partial charge in [-0.15, -0.1) is 0 Å². The second-order valence-corrected chi connectivity index (χ2v) is 5.80. The molecule has 0 aliphatic carbocycles. The topological polar surface area (TPSA) is 72.4 Å². The standard InChI is InChI=1S/C17H19N3O2/c18-17-12-19(11-16(17)14-4-2-1-3-5-14)10-13-6-8-15(9-7-13)20(21)22/h1-9,16-17H,10-12,18H2/t16-,17+/m0/s1. The van der Waals surface area contributed by atoms with Gasteiger partial charge in [-0.1, -0.05) is 42.5 Å². The first-order chi connectivity index (χ1) is 10.6. The third-order valence-electron chi connectivity index (χ3n) is 4.22. The maximum absolute atomic E-state index is 10.7. The van der Waals surface area contributed by atoms with E-state index in [1.54, 1.807) is 12.1 Å². The van der Waals surface area contributed by atoms with E-state index in [2.05, 4.69) is 17.0 Å². The van der Waals surface area contributed by atoms with Gasteiger partial charge in [-0.3, -0.25) is 15.0 Å². The molecule has 0 amide bonds. The molecular weight excluding hydrogens is 278 g/mol. The van der Waals surface area contributed by atoms with Crippen molar-refractivity contribution in [2.75, 3.05) is 13.1 Å². The fourth-order valence-corrected chi connectivity index (χ4v) is 3.08. The lowest BCUT2D eigenvalue weighted by Gasteiger charge is -2.16. The van der Waals surface area contributed by atoms with Gasteiger partial charge in [-0.05, 0) is 11.1 Å². The molecule has 22 heavy (non-hydrogen) atoms. The van der Waals surface area contributed by atoms with Crippen molar-refractivity contribution >= 4 is 5.69 Å². The quantitative estimate of drug-likeness (QED) is 0.695. The van der Waals surface area contributed by atoms with Gasteiger partial charge in [0.15, 0.2) is 0 Å². The summed E-state index contributed by atoms with van der Waals surface area (Å²) in [4.78, 5) is 12.6. The highest BCUT2D eigenvalue weighted by Crippen LogP contribution is 2.27. The molecule has 2 aromatic rings. The van der Waals surface area contributed by atoms with Crippen LogP contribution in [0.25, 0.3) is 0 Å². The van der Waals surface area contributed by atoms with E-state index in [9.17, 15) is 10.1 Å². The molecule has 0 bridgehead atoms. The zero-order chi connectivity index (χ0) is 15.5. The minimum absolute atomic E-state index is 0.125. The van der Waals surface area contributed by atoms with Crippen molar-refractivity contribution in [3.05, 3.63) is 75.8 Å². The SMILES string of the molecule is N[C@@H]1CN(Cc2ccc([N+](=O)[O-])cc2)C[C@H]1c1ccccc1. The first-order valence-electron chi connectivity index (χ1n) is 7.39. The van der Waals surface area contributed by atoms with E-state index in [-0.39, 0.29) is 16.7 Å². The molecule has 2 atom stereocenters. The van der Waals surface area contributed by atoms with Crippen molar-refractivity contribution < 1.29 is 4.92 Å². The maximum Gasteiger partial charge on any atom is 0.269 e. The van der Waals surface area contributed by atoms with Crippen LogP contribution in [0.15, 0.2) is 54.6 Å². The predicted molar refractivity (Wildman–Crippen MR) is 85.5 cm³/mol. The van der Waals surface area contributed by atoms with Crippen LogP contribution in [0.4, 0.5) is 5.69 Å². The number of hydrogen-bond donors (Lipinski definition) is 1. The monoisotopic (exact) mass is 297 g/mol. The summed E-state index contributed by atoms with van der Waals surface area (Å²) in [5.74, 6) is 0.347. The van der Waals surface area contributed by atoms with Crippen LogP contribution in [-0.2, 0) is 6.54 Å². The number of likely N-dealkylation sites (tertiary alicyclic amines) is 1. The lowest BCUT2D eigenvalue weighted by atomic mass is 9.95. The smallest absolute Gasteiger partial charge is 0.269 e. The molecule has 3 rings (SSSR count). The Morgan fingerprint density at radius 1 is 1.09 bits per heavy atom. The van der Waals surface area contributed by atoms with Gasteiger partial charge in [0.2, 0.25) is 0 Å². The van der Waals surface area contributed by atoms with E-state index in [0.29, 0.717) is 5.92 Å². The average Bonchev–Trinajstić information content (AvgIpc) is 2.89. The van der Waals surface area contributed by atoms with Crippen LogP contribution in [0.5, 0.6) is 0 Å². The highest BCUT2D eigenvalue weighted by molar-refractivity contribution is 5.33. The number of nitro benzene ring substituents is 1. The van der Waals surface area contributed by atoms with Crippen LogP contribution in [0.3, 0.4) is 0 Å². The molecule has 114 valence electrons. The second-order valence-electron chi connectivity index (χ2n) is 5.80. The highest BCUT2D eigenvalue weighted by atomic mass is 16.6. The molecule has 0 spiro atoms. The van der Waals surface area contributed by atoms with E-state index in [0.717, 1.165) is 25.2 Å². The summed E-state index contributed by atoms with van der Waals surface area (Å²) >= 11 is 0. The fraction of sp³-hybridized carbons (Fsp3) is 0.294. The minimum Gasteiger partial charge on any atom is -0.326 e. The Balaban J connectivity index is 1.66. The Kier molecular flexibility index (Phi) is 4.18. The summed E-state index contributed by atoms with van der Waals surface area (Å²) in [6.07, 6.45) is 0. The van der Waals surface area contributed by atoms with Crippen molar-refractivity contribution in [2.45, 2.75) is 18.5 Å². The third-order valence-corrected chi connectivity index (χ3v) is 4.22. The van der Waals surface area contributed by atoms with E-state index in [1.165, 1.54) is 5.56 Å². The molecule has 1 aliphatic rings. The summed E-state index contributed by atoms with van der Waals surface area (Å²) in [6, 6.07) is 17.2. The Bertz CT molecular complexity index is 643. The molecule has 0 unspecified atom stereocenters. The van der Waals surface area contributed by atoms with Crippen molar-refractivity contribution in [2.24, 2.45) is 5.73 Å². The van der Waals surface area contributed by atoms with Gasteiger partial charge in [0.05, 0.1) is 4.92 Å². The van der Waals surface area contributed by atoms with Crippen LogP contribution in [0.1, 0.15) is 17.0 Å². The third kappa shape index (κ3) is 3.16. The van der Waals surface area contributed by atoms with Crippen molar-refractivity contribution in [1.82, 2.24) is 4.90 Å². The number of nitro groups is 1. The number of rotatable bonds is 4. The zero-order valence-electron chi connectivity index (χ0n) is 12.3. The highest BCUT2D eigenvalue weighted by Gasteiger charge is 2.30. The van der Waals surface area contributed by atoms with Crippen molar-refractivity contribution in [1.29, 1.82) is 0 Å². The van der Waals surface area contributed by atoms with Gasteiger partial charge in [0.1, 0.15) is 0 Å². The zero-order valence-corrected chi connectivity index (χ0v) is 12.3. The van der Waals surface area contributed by atoms with Gasteiger partial charge in [-0.2, -0.15) is 0 Å². The summed E-state index contributed by atoms with van der Waals surface area (Å²) < 4.78 is 0. The average molecular weight is 297 g/mol. The summed E-state index contributed by atoms with van der Waals surface area (Å²) in [7, 11) is 0. The maximum atomic E-state index is 10.7. The summed E-state index contributed by atoms with van der Waals surface area (Å²) in [6.45, 7) is 2.54. The molecule has 1 saturated heterocycles. The van der Waals surface area contributed by atoms with Crippen LogP contribution >= 0.6 is 0 Å². The first kappa shape index (κ1) is 14.7. The molecule has 0 saturated carbocycles. The molecule has 2 aromatic carbocycles. The molecule has 0 aromatic heterocycles. The fourth-order valence-electron chi connectivity index (χ4n) is 3.08. The van der Waals surface area contributed by atoms with Crippen molar-refractivity contribution in [3.63, 3.8) is 0 Å². The first-order valence-corrected chi connectivity index (χ1v) is 7.39. The lowest BCUT2D eigenvalue weighted by Crippen LogP contribution is -2.28. The Hall–Kier alpha value is -2.24. The molecular formula is C17H19N3O2. The van der Waals surface area contributed by atoms with Gasteiger partial charge in [-0.25, -0.2) is 0 Å². The molecule has 1 heterocycles. The minimum atomic E-state index is -0.374. The van der Waals surface area contributed by atoms with E-state index >= 15 is 0 Å². The number of hydrogen-bond acceptors (Lipinski definition) is 4. The van der Waals surface area contributed by atoms with Gasteiger partial charge >= 0.3 is 0 Å². The van der Waals surface area contributed by atoms with Crippen molar-refractivity contribution in [3.8, 4) is 0 Å². The molecule has 1 aliphatic heterocycles. The van der Waals surface area contributed by atoms with E-state index in [4.69, 9.17) is 5.73 Å². The predicted octanol–water partition coefficient (Wildman–Crippen LogP) is 2.52. The van der Waals surface area contributed by atoms with Crippen LogP contribution in [0, 0.1) is 10.1 Å². The molecule has 5 heteroatoms. The number of nitrogens with two attached hydrogens (primary N) is 1. The Labute approximate surface area is 129 Å². The van der Waals surface area contributed by atoms with Crippen LogP contribution < -0.4 is 5.73 Å². The molecule has 0 radical (unpaired) electrons. The van der Waals surface area contributed by atoms with Gasteiger partial charge < -0.3 is 5.73 Å². The van der Waals surface area contributed by atoms with E-state index in [1.807, 2.05) is 30.3 Å². The largest absolute Gasteiger partial charge is 0.326 e. The Morgan fingerprint density at radius 3 is 2.41 bits per heavy atom. The van der Waals surface area contributed by atoms with Crippen LogP contribution in [0.2, 0.25) is 0 Å². The molecule has 1 fully saturated rings. The number of benzene rings is 2. The van der Waals surface area contributed by atoms with Gasteiger partial charge in [0, 0.05) is 43.7 Å².